The number of carbonyl (C=O) groups is 4. The fraction of sp³-hybridized carbons (Fsp3) is 0.188. The smallest absolute Gasteiger partial charge is 0.248 e. The highest BCUT2D eigenvalue weighted by molar-refractivity contribution is 6.06. The molecule has 1 aliphatic heterocycles. The quantitative estimate of drug-likeness (QED) is 0.164. The number of allylic oxidation sites excluding steroid dienone is 17. The van der Waals surface area contributed by atoms with E-state index in [1.165, 1.54) is 36.5 Å². The van der Waals surface area contributed by atoms with Crippen LogP contribution in [0.15, 0.2) is 133 Å². The number of ketones is 2. The Morgan fingerprint density at radius 2 is 1.37 bits per heavy atom. The molecule has 3 aliphatic rings. The van der Waals surface area contributed by atoms with Crippen molar-refractivity contribution in [2.75, 3.05) is 0 Å². The Kier molecular flexibility index (Phi) is 11.3. The number of fused-ring (bicyclic) bond motifs is 1. The van der Waals surface area contributed by atoms with Gasteiger partial charge in [0.05, 0.1) is 5.70 Å². The van der Waals surface area contributed by atoms with Gasteiger partial charge in [0, 0.05) is 25.0 Å². The average molecular weight is 557 g/mol. The van der Waals surface area contributed by atoms with Gasteiger partial charge >= 0.3 is 0 Å². The lowest BCUT2D eigenvalue weighted by molar-refractivity contribution is -0.121. The zero-order valence-electron chi connectivity index (χ0n) is 22.5. The first-order valence-corrected chi connectivity index (χ1v) is 13.0. The normalized spacial score (nSPS) is 25.2. The van der Waals surface area contributed by atoms with Crippen molar-refractivity contribution in [2.45, 2.75) is 37.6 Å². The third kappa shape index (κ3) is 9.38. The van der Waals surface area contributed by atoms with E-state index in [1.807, 2.05) is 37.3 Å². The molecule has 0 saturated carbocycles. The summed E-state index contributed by atoms with van der Waals surface area (Å²) in [7, 11) is 0. The summed E-state index contributed by atoms with van der Waals surface area (Å²) in [6, 6.07) is 0. The fourth-order valence-electron chi connectivity index (χ4n) is 3.81. The summed E-state index contributed by atoms with van der Waals surface area (Å²) in [5, 5.41) is 25.5. The number of hydrogen-bond acceptors (Lipinski definition) is 7. The van der Waals surface area contributed by atoms with Crippen molar-refractivity contribution in [1.82, 2.24) is 10.6 Å². The maximum absolute atomic E-state index is 12.5. The molecular formula is C32H32N2O7. The lowest BCUT2D eigenvalue weighted by atomic mass is 9.88. The van der Waals surface area contributed by atoms with E-state index in [1.54, 1.807) is 48.6 Å². The molecule has 1 heterocycles. The molecule has 9 nitrogen and oxygen atoms in total. The van der Waals surface area contributed by atoms with Gasteiger partial charge in [0.1, 0.15) is 23.2 Å². The first kappa shape index (κ1) is 30.7. The summed E-state index contributed by atoms with van der Waals surface area (Å²) in [4.78, 5) is 48.2. The van der Waals surface area contributed by atoms with E-state index < -0.39 is 35.4 Å². The molecule has 3 unspecified atom stereocenters. The predicted molar refractivity (Wildman–Crippen MR) is 155 cm³/mol. The van der Waals surface area contributed by atoms with E-state index in [2.05, 4.69) is 10.6 Å². The SMILES string of the molecule is C/C=C/C=C\C=C\C=C\C=C\C(=O)NC1=CC(O)(/C=C/C=C/C=C/C=C/C(=O)NC2=C(O)CCC2=O)C2OC2C1=O. The van der Waals surface area contributed by atoms with Crippen LogP contribution in [-0.2, 0) is 23.9 Å². The monoisotopic (exact) mass is 556 g/mol. The van der Waals surface area contributed by atoms with Crippen LogP contribution in [0.2, 0.25) is 0 Å². The van der Waals surface area contributed by atoms with Crippen LogP contribution < -0.4 is 10.6 Å². The van der Waals surface area contributed by atoms with E-state index in [0.717, 1.165) is 0 Å². The van der Waals surface area contributed by atoms with Crippen molar-refractivity contribution >= 4 is 23.4 Å². The van der Waals surface area contributed by atoms with Crippen LogP contribution in [-0.4, -0.2) is 51.4 Å². The molecule has 0 bridgehead atoms. The standard InChI is InChI=1S/C32H32N2O7/c1-2-3-4-5-6-7-8-11-14-17-26(37)33-23-22-32(40,31-30(41-31)29(23)39)21-16-13-10-9-12-15-18-27(38)34-28-24(35)19-20-25(28)36/h2-18,21-22,30-31,35,40H,19-20H2,1H3,(H,33,37)(H,34,38)/b3-2+,5-4-,7-6+,11-8+,12-9+,13-10+,17-14+,18-15+,21-16+. The highest BCUT2D eigenvalue weighted by Gasteiger charge is 2.59. The minimum absolute atomic E-state index is 0.0424. The average Bonchev–Trinajstić information content (AvgIpc) is 3.71. The van der Waals surface area contributed by atoms with Crippen LogP contribution in [0, 0.1) is 0 Å². The number of aliphatic hydroxyl groups excluding tert-OH is 1. The fourth-order valence-corrected chi connectivity index (χ4v) is 3.81. The maximum Gasteiger partial charge on any atom is 0.248 e. The van der Waals surface area contributed by atoms with Gasteiger partial charge in [-0.05, 0) is 19.1 Å². The first-order valence-electron chi connectivity index (χ1n) is 13.0. The third-order valence-electron chi connectivity index (χ3n) is 5.89. The molecule has 3 rings (SSSR count). The molecule has 2 aliphatic carbocycles. The molecule has 0 radical (unpaired) electrons. The molecule has 2 amide bonds. The van der Waals surface area contributed by atoms with Gasteiger partial charge in [-0.1, -0.05) is 91.1 Å². The van der Waals surface area contributed by atoms with Gasteiger partial charge in [0.15, 0.2) is 11.9 Å². The summed E-state index contributed by atoms with van der Waals surface area (Å²) in [6.07, 6.45) is 29.8. The van der Waals surface area contributed by atoms with E-state index in [9.17, 15) is 29.4 Å². The van der Waals surface area contributed by atoms with Gasteiger partial charge < -0.3 is 25.6 Å². The maximum atomic E-state index is 12.5. The summed E-state index contributed by atoms with van der Waals surface area (Å²) in [6.45, 7) is 1.93. The molecule has 212 valence electrons. The van der Waals surface area contributed by atoms with Crippen molar-refractivity contribution in [3.63, 3.8) is 0 Å². The Labute approximate surface area is 238 Å². The number of nitrogens with one attached hydrogen (secondary N) is 2. The highest BCUT2D eigenvalue weighted by atomic mass is 16.6. The minimum Gasteiger partial charge on any atom is -0.510 e. The Morgan fingerprint density at radius 3 is 1.93 bits per heavy atom. The van der Waals surface area contributed by atoms with Crippen LogP contribution in [0.25, 0.3) is 0 Å². The Hall–Kier alpha value is -4.86. The molecule has 9 heteroatoms. The van der Waals surface area contributed by atoms with Crippen molar-refractivity contribution in [3.05, 3.63) is 133 Å². The molecule has 0 aromatic heterocycles. The third-order valence-corrected chi connectivity index (χ3v) is 5.89. The van der Waals surface area contributed by atoms with Crippen LogP contribution in [0.5, 0.6) is 0 Å². The Bertz CT molecular complexity index is 1380. The van der Waals surface area contributed by atoms with Crippen molar-refractivity contribution < 1.29 is 34.1 Å². The molecule has 0 aromatic carbocycles. The van der Waals surface area contributed by atoms with E-state index in [0.29, 0.717) is 0 Å². The summed E-state index contributed by atoms with van der Waals surface area (Å²) in [5.41, 5.74) is -1.68. The highest BCUT2D eigenvalue weighted by Crippen LogP contribution is 2.40. The molecule has 0 aromatic rings. The second kappa shape index (κ2) is 15.1. The zero-order valence-corrected chi connectivity index (χ0v) is 22.5. The minimum atomic E-state index is -1.58. The van der Waals surface area contributed by atoms with Crippen LogP contribution in [0.4, 0.5) is 0 Å². The Morgan fingerprint density at radius 1 is 0.829 bits per heavy atom. The first-order chi connectivity index (χ1) is 19.7. The molecule has 1 saturated heterocycles. The van der Waals surface area contributed by atoms with Gasteiger partial charge in [-0.15, -0.1) is 0 Å². The van der Waals surface area contributed by atoms with Gasteiger partial charge in [-0.25, -0.2) is 0 Å². The topological polar surface area (TPSA) is 145 Å². The summed E-state index contributed by atoms with van der Waals surface area (Å²) < 4.78 is 5.35. The van der Waals surface area contributed by atoms with Crippen molar-refractivity contribution in [1.29, 1.82) is 0 Å². The van der Waals surface area contributed by atoms with Crippen molar-refractivity contribution in [3.8, 4) is 0 Å². The summed E-state index contributed by atoms with van der Waals surface area (Å²) in [5.74, 6) is -1.88. The molecule has 3 atom stereocenters. The lowest BCUT2D eigenvalue weighted by Gasteiger charge is -2.23. The largest absolute Gasteiger partial charge is 0.510 e. The van der Waals surface area contributed by atoms with E-state index >= 15 is 0 Å². The number of Topliss-reactive ketones (excluding diaryl/α,β-unsaturated/α-hetero) is 2. The zero-order chi connectivity index (χ0) is 29.7. The number of ether oxygens (including phenoxy) is 1. The van der Waals surface area contributed by atoms with Crippen molar-refractivity contribution in [2.24, 2.45) is 0 Å². The Balaban J connectivity index is 1.50. The summed E-state index contributed by atoms with van der Waals surface area (Å²) >= 11 is 0. The van der Waals surface area contributed by atoms with E-state index in [4.69, 9.17) is 4.74 Å². The second-order valence-corrected chi connectivity index (χ2v) is 9.04. The number of aliphatic hydroxyl groups is 2. The molecule has 4 N–H and O–H groups in total. The molecular weight excluding hydrogens is 524 g/mol. The predicted octanol–water partition coefficient (Wildman–Crippen LogP) is 3.34. The van der Waals surface area contributed by atoms with Gasteiger partial charge in [0.25, 0.3) is 0 Å². The number of amides is 2. The van der Waals surface area contributed by atoms with Gasteiger partial charge in [0.2, 0.25) is 17.6 Å². The van der Waals surface area contributed by atoms with Gasteiger partial charge in [-0.3, -0.25) is 19.2 Å². The number of carbonyl (C=O) groups excluding carboxylic acids is 4. The molecule has 41 heavy (non-hydrogen) atoms. The number of rotatable bonds is 12. The number of epoxide rings is 1. The second-order valence-electron chi connectivity index (χ2n) is 9.04. The van der Waals surface area contributed by atoms with Gasteiger partial charge in [-0.2, -0.15) is 0 Å². The van der Waals surface area contributed by atoms with E-state index in [-0.39, 0.29) is 35.8 Å². The van der Waals surface area contributed by atoms with Crippen LogP contribution >= 0.6 is 0 Å². The van der Waals surface area contributed by atoms with Crippen LogP contribution in [0.1, 0.15) is 19.8 Å². The number of hydrogen-bond donors (Lipinski definition) is 4. The molecule has 1 fully saturated rings. The molecule has 0 spiro atoms. The van der Waals surface area contributed by atoms with Crippen LogP contribution in [0.3, 0.4) is 0 Å². The lowest BCUT2D eigenvalue weighted by Crippen LogP contribution is -2.42.